The Kier molecular flexibility index (Phi) is 6.77. The number of ketones is 1. The van der Waals surface area contributed by atoms with Crippen molar-refractivity contribution in [3.63, 3.8) is 0 Å². The first-order valence-corrected chi connectivity index (χ1v) is 11.6. The molecule has 0 saturated carbocycles. The van der Waals surface area contributed by atoms with E-state index in [0.717, 1.165) is 11.3 Å². The summed E-state index contributed by atoms with van der Waals surface area (Å²) in [5.74, 6) is 0.0745. The molecule has 0 saturated heterocycles. The minimum atomic E-state index is -0.614. The monoisotopic (exact) mass is 461 g/mol. The quantitative estimate of drug-likeness (QED) is 0.609. The number of dihydropyridines is 1. The Morgan fingerprint density at radius 2 is 1.74 bits per heavy atom. The fraction of sp³-hybridized carbons (Fsp3) is 0.357. The molecule has 0 radical (unpaired) electrons. The lowest BCUT2D eigenvalue weighted by atomic mass is 9.71. The highest BCUT2D eigenvalue weighted by molar-refractivity contribution is 6.04. The molecule has 34 heavy (non-hydrogen) atoms. The van der Waals surface area contributed by atoms with Crippen LogP contribution in [0.25, 0.3) is 0 Å². The topological polar surface area (TPSA) is 73.9 Å². The Morgan fingerprint density at radius 3 is 2.38 bits per heavy atom. The third-order valence-corrected chi connectivity index (χ3v) is 6.41. The van der Waals surface area contributed by atoms with E-state index >= 15 is 0 Å². The van der Waals surface area contributed by atoms with E-state index in [1.807, 2.05) is 51.1 Å². The standard InChI is InChI=1S/C28H31NO5/c1-16(2)34-28(31)24-17(3)29-21-14-19(18-10-7-6-8-11-18)15-22(30)26(21)25(24)20-12-9-13-23(32-4)27(20)33-5/h6-13,16,19,25,29H,14-15H2,1-5H3. The van der Waals surface area contributed by atoms with Gasteiger partial charge in [0.15, 0.2) is 17.3 Å². The first kappa shape index (κ1) is 23.6. The molecule has 0 amide bonds. The Bertz CT molecular complexity index is 1160. The van der Waals surface area contributed by atoms with Crippen molar-refractivity contribution in [1.29, 1.82) is 0 Å². The molecule has 2 aliphatic rings. The number of hydrogen-bond donors (Lipinski definition) is 1. The molecule has 2 atom stereocenters. The van der Waals surface area contributed by atoms with E-state index in [2.05, 4.69) is 17.4 Å². The highest BCUT2D eigenvalue weighted by Crippen LogP contribution is 2.49. The summed E-state index contributed by atoms with van der Waals surface area (Å²) in [4.78, 5) is 27.0. The van der Waals surface area contributed by atoms with Gasteiger partial charge in [0.1, 0.15) is 0 Å². The molecule has 0 spiro atoms. The van der Waals surface area contributed by atoms with Gasteiger partial charge in [-0.1, -0.05) is 42.5 Å². The fourth-order valence-electron chi connectivity index (χ4n) is 5.00. The van der Waals surface area contributed by atoms with Crippen LogP contribution in [0.15, 0.2) is 71.1 Å². The van der Waals surface area contributed by atoms with Crippen molar-refractivity contribution in [2.75, 3.05) is 14.2 Å². The Balaban J connectivity index is 1.88. The second kappa shape index (κ2) is 9.75. The lowest BCUT2D eigenvalue weighted by Crippen LogP contribution is -2.36. The van der Waals surface area contributed by atoms with Crippen LogP contribution in [-0.2, 0) is 14.3 Å². The van der Waals surface area contributed by atoms with Crippen LogP contribution >= 0.6 is 0 Å². The molecule has 1 heterocycles. The van der Waals surface area contributed by atoms with Crippen molar-refractivity contribution in [3.05, 3.63) is 82.2 Å². The van der Waals surface area contributed by atoms with Crippen LogP contribution in [0.5, 0.6) is 11.5 Å². The van der Waals surface area contributed by atoms with E-state index < -0.39 is 11.9 Å². The number of benzene rings is 2. The average molecular weight is 462 g/mol. The van der Waals surface area contributed by atoms with Gasteiger partial charge >= 0.3 is 5.97 Å². The molecule has 1 N–H and O–H groups in total. The van der Waals surface area contributed by atoms with Gasteiger partial charge in [0.05, 0.1) is 31.8 Å². The Hall–Kier alpha value is -3.54. The van der Waals surface area contributed by atoms with Gasteiger partial charge in [-0.15, -0.1) is 0 Å². The predicted octanol–water partition coefficient (Wildman–Crippen LogP) is 5.02. The van der Waals surface area contributed by atoms with Gasteiger partial charge in [-0.05, 0) is 44.7 Å². The molecule has 1 aliphatic heterocycles. The van der Waals surface area contributed by atoms with Crippen LogP contribution in [0.1, 0.15) is 56.6 Å². The average Bonchev–Trinajstić information content (AvgIpc) is 2.82. The van der Waals surface area contributed by atoms with Crippen LogP contribution in [0.2, 0.25) is 0 Å². The summed E-state index contributed by atoms with van der Waals surface area (Å²) in [6.07, 6.45) is 0.761. The van der Waals surface area contributed by atoms with Crippen molar-refractivity contribution in [3.8, 4) is 11.5 Å². The molecule has 6 heteroatoms. The number of rotatable bonds is 6. The summed E-state index contributed by atoms with van der Waals surface area (Å²) in [6.45, 7) is 5.48. The van der Waals surface area contributed by atoms with E-state index in [9.17, 15) is 9.59 Å². The van der Waals surface area contributed by atoms with Gasteiger partial charge in [0.2, 0.25) is 0 Å². The normalized spacial score (nSPS) is 20.1. The maximum Gasteiger partial charge on any atom is 0.337 e. The SMILES string of the molecule is COc1cccc(C2C(C(=O)OC(C)C)=C(C)NC3=C2C(=O)CC(c2ccccc2)C3)c1OC. The van der Waals surface area contributed by atoms with E-state index in [4.69, 9.17) is 14.2 Å². The van der Waals surface area contributed by atoms with E-state index in [-0.39, 0.29) is 17.8 Å². The zero-order valence-corrected chi connectivity index (χ0v) is 20.3. The maximum atomic E-state index is 13.7. The van der Waals surface area contributed by atoms with Crippen LogP contribution in [0.4, 0.5) is 0 Å². The smallest absolute Gasteiger partial charge is 0.337 e. The van der Waals surface area contributed by atoms with Gasteiger partial charge in [0.25, 0.3) is 0 Å². The number of ether oxygens (including phenoxy) is 3. The summed E-state index contributed by atoms with van der Waals surface area (Å²) in [6, 6.07) is 15.6. The van der Waals surface area contributed by atoms with Gasteiger partial charge in [-0.2, -0.15) is 0 Å². The first-order chi connectivity index (χ1) is 16.3. The molecule has 4 rings (SSSR count). The van der Waals surface area contributed by atoms with E-state index in [1.165, 1.54) is 0 Å². The molecule has 0 aromatic heterocycles. The molecule has 2 aromatic rings. The third-order valence-electron chi connectivity index (χ3n) is 6.41. The molecule has 0 fully saturated rings. The number of nitrogens with one attached hydrogen (secondary N) is 1. The highest BCUT2D eigenvalue weighted by Gasteiger charge is 2.43. The molecule has 2 aromatic carbocycles. The van der Waals surface area contributed by atoms with Crippen molar-refractivity contribution >= 4 is 11.8 Å². The van der Waals surface area contributed by atoms with Crippen molar-refractivity contribution in [1.82, 2.24) is 5.32 Å². The summed E-state index contributed by atoms with van der Waals surface area (Å²) >= 11 is 0. The molecule has 0 bridgehead atoms. The zero-order valence-electron chi connectivity index (χ0n) is 20.3. The number of carbonyl (C=O) groups is 2. The second-order valence-electron chi connectivity index (χ2n) is 8.96. The minimum Gasteiger partial charge on any atom is -0.493 e. The minimum absolute atomic E-state index is 0.0137. The van der Waals surface area contributed by atoms with Crippen LogP contribution in [-0.4, -0.2) is 32.1 Å². The number of esters is 1. The summed E-state index contributed by atoms with van der Waals surface area (Å²) in [7, 11) is 3.13. The molecule has 6 nitrogen and oxygen atoms in total. The number of Topliss-reactive ketones (excluding diaryl/α,β-unsaturated/α-hetero) is 1. The van der Waals surface area contributed by atoms with Crippen molar-refractivity contribution in [2.24, 2.45) is 0 Å². The Labute approximate surface area is 200 Å². The maximum absolute atomic E-state index is 13.7. The van der Waals surface area contributed by atoms with E-state index in [1.54, 1.807) is 20.3 Å². The van der Waals surface area contributed by atoms with E-state index in [0.29, 0.717) is 46.7 Å². The van der Waals surface area contributed by atoms with Crippen molar-refractivity contribution in [2.45, 2.75) is 51.6 Å². The molecule has 2 unspecified atom stereocenters. The van der Waals surface area contributed by atoms with Crippen LogP contribution in [0.3, 0.4) is 0 Å². The first-order valence-electron chi connectivity index (χ1n) is 11.6. The van der Waals surface area contributed by atoms with Crippen LogP contribution in [0, 0.1) is 0 Å². The third kappa shape index (κ3) is 4.32. The number of carbonyl (C=O) groups excluding carboxylic acids is 2. The molecule has 1 aliphatic carbocycles. The van der Waals surface area contributed by atoms with Gasteiger partial charge in [0, 0.05) is 29.0 Å². The number of allylic oxidation sites excluding steroid dienone is 3. The van der Waals surface area contributed by atoms with Gasteiger partial charge < -0.3 is 19.5 Å². The Morgan fingerprint density at radius 1 is 1.00 bits per heavy atom. The highest BCUT2D eigenvalue weighted by atomic mass is 16.5. The lowest BCUT2D eigenvalue weighted by Gasteiger charge is -2.37. The molecular formula is C28H31NO5. The summed E-state index contributed by atoms with van der Waals surface area (Å²) in [5, 5.41) is 3.38. The number of hydrogen-bond acceptors (Lipinski definition) is 6. The van der Waals surface area contributed by atoms with Gasteiger partial charge in [-0.3, -0.25) is 4.79 Å². The summed E-state index contributed by atoms with van der Waals surface area (Å²) in [5.41, 5.74) is 4.38. The molecule has 178 valence electrons. The molecular weight excluding hydrogens is 430 g/mol. The second-order valence-corrected chi connectivity index (χ2v) is 8.96. The van der Waals surface area contributed by atoms with Crippen molar-refractivity contribution < 1.29 is 23.8 Å². The fourth-order valence-corrected chi connectivity index (χ4v) is 5.00. The predicted molar refractivity (Wildman–Crippen MR) is 130 cm³/mol. The number of para-hydroxylation sites is 1. The summed E-state index contributed by atoms with van der Waals surface area (Å²) < 4.78 is 16.8. The largest absolute Gasteiger partial charge is 0.493 e. The van der Waals surface area contributed by atoms with Crippen LogP contribution < -0.4 is 14.8 Å². The lowest BCUT2D eigenvalue weighted by molar-refractivity contribution is -0.143. The zero-order chi connectivity index (χ0) is 24.4. The number of methoxy groups -OCH3 is 2. The van der Waals surface area contributed by atoms with Gasteiger partial charge in [-0.25, -0.2) is 4.79 Å².